The number of para-hydroxylation sites is 3. The van der Waals surface area contributed by atoms with Gasteiger partial charge in [0.25, 0.3) is 0 Å². The number of fused-ring (bicyclic) bond motifs is 3. The normalized spacial score (nSPS) is 11.2. The minimum atomic E-state index is 0.909. The van der Waals surface area contributed by atoms with Crippen LogP contribution in [0.5, 0.6) is 0 Å². The molecule has 7 rings (SSSR count). The van der Waals surface area contributed by atoms with Crippen molar-refractivity contribution >= 4 is 33.3 Å². The molecular formula is C37H27NO. The van der Waals surface area contributed by atoms with Crippen LogP contribution in [0, 0.1) is 0 Å². The van der Waals surface area contributed by atoms with Crippen LogP contribution in [0.2, 0.25) is 0 Å². The Kier molecular flexibility index (Phi) is 5.71. The summed E-state index contributed by atoms with van der Waals surface area (Å²) in [7, 11) is 2.14. The predicted molar refractivity (Wildman–Crippen MR) is 165 cm³/mol. The minimum Gasteiger partial charge on any atom is -0.455 e. The first-order valence-corrected chi connectivity index (χ1v) is 13.3. The SMILES string of the molecule is CN(c1ccc(-c2ccccc2)c(-c2cccc3c2oc2ccccc23)c1)c1ccccc1-c1ccccc1. The van der Waals surface area contributed by atoms with E-state index in [-0.39, 0.29) is 0 Å². The Hall–Kier alpha value is -5.08. The van der Waals surface area contributed by atoms with Gasteiger partial charge in [-0.2, -0.15) is 0 Å². The maximum Gasteiger partial charge on any atom is 0.143 e. The van der Waals surface area contributed by atoms with Crippen LogP contribution in [0.1, 0.15) is 0 Å². The second-order valence-electron chi connectivity index (χ2n) is 9.82. The van der Waals surface area contributed by atoms with E-state index in [0.717, 1.165) is 44.4 Å². The molecule has 2 nitrogen and oxygen atoms in total. The van der Waals surface area contributed by atoms with Gasteiger partial charge in [-0.1, -0.05) is 121 Å². The maximum atomic E-state index is 6.48. The molecule has 0 aliphatic carbocycles. The fraction of sp³-hybridized carbons (Fsp3) is 0.0270. The predicted octanol–water partition coefficient (Wildman–Crippen LogP) is 10.4. The maximum absolute atomic E-state index is 6.48. The summed E-state index contributed by atoms with van der Waals surface area (Å²) in [4.78, 5) is 2.28. The monoisotopic (exact) mass is 501 g/mol. The number of hydrogen-bond acceptors (Lipinski definition) is 2. The molecule has 2 heteroatoms. The summed E-state index contributed by atoms with van der Waals surface area (Å²) in [6, 6.07) is 51.2. The lowest BCUT2D eigenvalue weighted by Gasteiger charge is -2.24. The lowest BCUT2D eigenvalue weighted by Crippen LogP contribution is -2.11. The third-order valence-corrected chi connectivity index (χ3v) is 7.52. The molecule has 0 radical (unpaired) electrons. The molecule has 0 atom stereocenters. The van der Waals surface area contributed by atoms with E-state index in [0.29, 0.717) is 0 Å². The lowest BCUT2D eigenvalue weighted by molar-refractivity contribution is 0.670. The molecular weight excluding hydrogens is 474 g/mol. The molecule has 0 aliphatic rings. The van der Waals surface area contributed by atoms with Gasteiger partial charge in [0.05, 0.1) is 0 Å². The number of nitrogens with zero attached hydrogens (tertiary/aromatic N) is 1. The van der Waals surface area contributed by atoms with Crippen LogP contribution in [0.15, 0.2) is 150 Å². The van der Waals surface area contributed by atoms with E-state index in [1.165, 1.54) is 22.3 Å². The summed E-state index contributed by atoms with van der Waals surface area (Å²) in [5, 5.41) is 2.27. The Morgan fingerprint density at radius 3 is 1.87 bits per heavy atom. The number of rotatable bonds is 5. The van der Waals surface area contributed by atoms with Crippen molar-refractivity contribution in [3.63, 3.8) is 0 Å². The van der Waals surface area contributed by atoms with Gasteiger partial charge in [0.2, 0.25) is 0 Å². The second-order valence-corrected chi connectivity index (χ2v) is 9.82. The van der Waals surface area contributed by atoms with Crippen molar-refractivity contribution < 1.29 is 4.42 Å². The van der Waals surface area contributed by atoms with E-state index in [1.54, 1.807) is 0 Å². The van der Waals surface area contributed by atoms with E-state index < -0.39 is 0 Å². The van der Waals surface area contributed by atoms with Gasteiger partial charge >= 0.3 is 0 Å². The van der Waals surface area contributed by atoms with E-state index in [9.17, 15) is 0 Å². The molecule has 186 valence electrons. The first-order valence-electron chi connectivity index (χ1n) is 13.3. The topological polar surface area (TPSA) is 16.4 Å². The van der Waals surface area contributed by atoms with Gasteiger partial charge in [0.15, 0.2) is 0 Å². The third kappa shape index (κ3) is 4.07. The van der Waals surface area contributed by atoms with Gasteiger partial charge in [-0.05, 0) is 46.5 Å². The molecule has 0 N–H and O–H groups in total. The zero-order valence-corrected chi connectivity index (χ0v) is 21.7. The largest absolute Gasteiger partial charge is 0.455 e. The van der Waals surface area contributed by atoms with Crippen molar-refractivity contribution in [3.8, 4) is 33.4 Å². The zero-order valence-electron chi connectivity index (χ0n) is 21.7. The van der Waals surface area contributed by atoms with Crippen LogP contribution < -0.4 is 4.90 Å². The first kappa shape index (κ1) is 23.1. The zero-order chi connectivity index (χ0) is 26.2. The highest BCUT2D eigenvalue weighted by Gasteiger charge is 2.18. The fourth-order valence-electron chi connectivity index (χ4n) is 5.56. The summed E-state index contributed by atoms with van der Waals surface area (Å²) >= 11 is 0. The average molecular weight is 502 g/mol. The first-order chi connectivity index (χ1) is 19.3. The molecule has 0 aliphatic heterocycles. The molecule has 6 aromatic carbocycles. The van der Waals surface area contributed by atoms with Gasteiger partial charge in [0.1, 0.15) is 11.2 Å². The van der Waals surface area contributed by atoms with Gasteiger partial charge < -0.3 is 9.32 Å². The highest BCUT2D eigenvalue weighted by molar-refractivity contribution is 6.10. The molecule has 1 heterocycles. The molecule has 0 spiro atoms. The van der Waals surface area contributed by atoms with Gasteiger partial charge in [-0.25, -0.2) is 0 Å². The van der Waals surface area contributed by atoms with Crippen molar-refractivity contribution in [3.05, 3.63) is 146 Å². The molecule has 0 bridgehead atoms. The number of anilines is 2. The van der Waals surface area contributed by atoms with Crippen molar-refractivity contribution in [2.45, 2.75) is 0 Å². The van der Waals surface area contributed by atoms with E-state index >= 15 is 0 Å². The molecule has 39 heavy (non-hydrogen) atoms. The Balaban J connectivity index is 1.44. The molecule has 7 aromatic rings. The van der Waals surface area contributed by atoms with Crippen LogP contribution in [0.4, 0.5) is 11.4 Å². The molecule has 0 saturated carbocycles. The van der Waals surface area contributed by atoms with E-state index in [2.05, 4.69) is 145 Å². The smallest absolute Gasteiger partial charge is 0.143 e. The third-order valence-electron chi connectivity index (χ3n) is 7.52. The highest BCUT2D eigenvalue weighted by atomic mass is 16.3. The molecule has 0 unspecified atom stereocenters. The van der Waals surface area contributed by atoms with E-state index in [1.807, 2.05) is 12.1 Å². The van der Waals surface area contributed by atoms with Gasteiger partial charge in [-0.15, -0.1) is 0 Å². The van der Waals surface area contributed by atoms with Crippen LogP contribution in [-0.2, 0) is 0 Å². The Morgan fingerprint density at radius 2 is 1.08 bits per heavy atom. The summed E-state index contributed by atoms with van der Waals surface area (Å²) in [6.45, 7) is 0. The standard InChI is InChI=1S/C37H27NO/c1-38(35-21-10-8-17-30(35)27-15-6-3-7-16-27)28-23-24-29(26-13-4-2-5-14-26)34(25-28)33-20-12-19-32-31-18-9-11-22-36(31)39-37(32)33/h2-25H,1H3. The van der Waals surface area contributed by atoms with E-state index in [4.69, 9.17) is 4.42 Å². The van der Waals surface area contributed by atoms with Gasteiger partial charge in [0, 0.05) is 40.3 Å². The summed E-state index contributed by atoms with van der Waals surface area (Å²) in [6.07, 6.45) is 0. The summed E-state index contributed by atoms with van der Waals surface area (Å²) < 4.78 is 6.48. The van der Waals surface area contributed by atoms with Crippen molar-refractivity contribution in [2.75, 3.05) is 11.9 Å². The fourth-order valence-corrected chi connectivity index (χ4v) is 5.56. The van der Waals surface area contributed by atoms with Crippen LogP contribution in [-0.4, -0.2) is 7.05 Å². The molecule has 1 aromatic heterocycles. The van der Waals surface area contributed by atoms with Gasteiger partial charge in [-0.3, -0.25) is 0 Å². The van der Waals surface area contributed by atoms with Crippen molar-refractivity contribution in [1.82, 2.24) is 0 Å². The quantitative estimate of drug-likeness (QED) is 0.233. The number of benzene rings is 6. The molecule has 0 fully saturated rings. The lowest BCUT2D eigenvalue weighted by atomic mass is 9.92. The Bertz CT molecular complexity index is 1920. The van der Waals surface area contributed by atoms with Crippen LogP contribution in [0.25, 0.3) is 55.3 Å². The summed E-state index contributed by atoms with van der Waals surface area (Å²) in [5.74, 6) is 0. The number of furan rings is 1. The molecule has 0 amide bonds. The van der Waals surface area contributed by atoms with Crippen LogP contribution in [0.3, 0.4) is 0 Å². The van der Waals surface area contributed by atoms with Crippen LogP contribution >= 0.6 is 0 Å². The Morgan fingerprint density at radius 1 is 0.462 bits per heavy atom. The van der Waals surface area contributed by atoms with Crippen molar-refractivity contribution in [1.29, 1.82) is 0 Å². The second kappa shape index (κ2) is 9.66. The number of hydrogen-bond donors (Lipinski definition) is 0. The highest BCUT2D eigenvalue weighted by Crippen LogP contribution is 2.43. The summed E-state index contributed by atoms with van der Waals surface area (Å²) in [5.41, 5.74) is 11.1. The minimum absolute atomic E-state index is 0.909. The average Bonchev–Trinajstić information content (AvgIpc) is 3.40. The molecule has 0 saturated heterocycles. The van der Waals surface area contributed by atoms with Crippen molar-refractivity contribution in [2.24, 2.45) is 0 Å². The Labute approximate surface area is 228 Å².